The van der Waals surface area contributed by atoms with Gasteiger partial charge in [-0.3, -0.25) is 4.79 Å². The first-order valence-corrected chi connectivity index (χ1v) is 7.63. The third kappa shape index (κ3) is 3.40. The molecule has 1 amide bonds. The normalized spacial score (nSPS) is 16.9. The summed E-state index contributed by atoms with van der Waals surface area (Å²) in [6, 6.07) is 6.36. The molecule has 1 aliphatic rings. The van der Waals surface area contributed by atoms with Gasteiger partial charge in [0.2, 0.25) is 5.88 Å². The molecular weight excluding hydrogens is 312 g/mol. The van der Waals surface area contributed by atoms with E-state index in [0.29, 0.717) is 42.5 Å². The van der Waals surface area contributed by atoms with Crippen LogP contribution in [0.1, 0.15) is 22.5 Å². The molecule has 0 aliphatic carbocycles. The summed E-state index contributed by atoms with van der Waals surface area (Å²) in [5, 5.41) is 0. The Bertz CT molecular complexity index is 802. The van der Waals surface area contributed by atoms with Gasteiger partial charge in [-0.25, -0.2) is 9.78 Å². The predicted octanol–water partition coefficient (Wildman–Crippen LogP) is 1.65. The van der Waals surface area contributed by atoms with Crippen molar-refractivity contribution in [2.24, 2.45) is 0 Å². The third-order valence-electron chi connectivity index (χ3n) is 3.80. The average molecular weight is 330 g/mol. The second-order valence-corrected chi connectivity index (χ2v) is 5.56. The van der Waals surface area contributed by atoms with Crippen LogP contribution < -0.4 is 15.1 Å². The number of nitrogens with zero attached hydrogens (tertiary/aromatic N) is 2. The quantitative estimate of drug-likeness (QED) is 0.848. The monoisotopic (exact) mass is 330 g/mol. The Balaban J connectivity index is 1.68. The second kappa shape index (κ2) is 6.74. The molecule has 126 valence electrons. The van der Waals surface area contributed by atoms with Crippen molar-refractivity contribution in [3.05, 3.63) is 52.2 Å². The van der Waals surface area contributed by atoms with Crippen molar-refractivity contribution >= 4 is 5.91 Å². The molecule has 3 heterocycles. The van der Waals surface area contributed by atoms with E-state index in [9.17, 15) is 9.59 Å². The summed E-state index contributed by atoms with van der Waals surface area (Å²) >= 11 is 0. The van der Waals surface area contributed by atoms with Gasteiger partial charge in [-0.1, -0.05) is 0 Å². The highest BCUT2D eigenvalue weighted by molar-refractivity contribution is 5.96. The van der Waals surface area contributed by atoms with Crippen LogP contribution in [-0.2, 0) is 0 Å². The molecule has 0 radical (unpaired) electrons. The number of pyridine rings is 1. The molecule has 3 rings (SSSR count). The standard InChI is InChI=1S/C17H18N2O5/c1-11-8-13(9-15(20)23-11)24-12-5-7-19(10-12)17(21)14-4-3-6-18-16(14)22-2/h3-4,6,8-9,12H,5,7,10H2,1-2H3. The van der Waals surface area contributed by atoms with Gasteiger partial charge in [-0.15, -0.1) is 0 Å². The Kier molecular flexibility index (Phi) is 4.50. The first-order chi connectivity index (χ1) is 11.6. The number of aromatic nitrogens is 1. The molecule has 7 nitrogen and oxygen atoms in total. The van der Waals surface area contributed by atoms with Gasteiger partial charge in [0.15, 0.2) is 0 Å². The van der Waals surface area contributed by atoms with Gasteiger partial charge < -0.3 is 18.8 Å². The van der Waals surface area contributed by atoms with Gasteiger partial charge in [-0.05, 0) is 19.1 Å². The summed E-state index contributed by atoms with van der Waals surface area (Å²) in [5.41, 5.74) is -0.0205. The fourth-order valence-electron chi connectivity index (χ4n) is 2.73. The number of aryl methyl sites for hydroxylation is 1. The zero-order chi connectivity index (χ0) is 17.1. The number of hydrogen-bond acceptors (Lipinski definition) is 6. The summed E-state index contributed by atoms with van der Waals surface area (Å²) in [5.74, 6) is 1.11. The smallest absolute Gasteiger partial charge is 0.339 e. The number of rotatable bonds is 4. The molecule has 24 heavy (non-hydrogen) atoms. The number of carbonyl (C=O) groups excluding carboxylic acids is 1. The van der Waals surface area contributed by atoms with E-state index >= 15 is 0 Å². The molecule has 0 saturated carbocycles. The van der Waals surface area contributed by atoms with Crippen molar-refractivity contribution in [3.63, 3.8) is 0 Å². The number of hydrogen-bond donors (Lipinski definition) is 0. The number of ether oxygens (including phenoxy) is 2. The SMILES string of the molecule is COc1ncccc1C(=O)N1CCC(Oc2cc(C)oc(=O)c2)C1. The Morgan fingerprint density at radius 3 is 3.00 bits per heavy atom. The van der Waals surface area contributed by atoms with Gasteiger partial charge in [-0.2, -0.15) is 0 Å². The molecule has 0 aromatic carbocycles. The molecule has 1 unspecified atom stereocenters. The Hall–Kier alpha value is -2.83. The first kappa shape index (κ1) is 16.0. The highest BCUT2D eigenvalue weighted by atomic mass is 16.5. The maximum atomic E-state index is 12.6. The van der Waals surface area contributed by atoms with Crippen molar-refractivity contribution in [3.8, 4) is 11.6 Å². The van der Waals surface area contributed by atoms with E-state index in [-0.39, 0.29) is 12.0 Å². The summed E-state index contributed by atoms with van der Waals surface area (Å²) in [4.78, 5) is 29.7. The Morgan fingerprint density at radius 2 is 2.25 bits per heavy atom. The van der Waals surface area contributed by atoms with E-state index in [4.69, 9.17) is 13.9 Å². The van der Waals surface area contributed by atoms with Gasteiger partial charge in [0.05, 0.1) is 19.7 Å². The molecule has 7 heteroatoms. The number of methoxy groups -OCH3 is 1. The van der Waals surface area contributed by atoms with Crippen molar-refractivity contribution in [2.45, 2.75) is 19.4 Å². The minimum atomic E-state index is -0.448. The van der Waals surface area contributed by atoms with Gasteiger partial charge >= 0.3 is 5.63 Å². The minimum Gasteiger partial charge on any atom is -0.488 e. The van der Waals surface area contributed by atoms with Crippen molar-refractivity contribution in [1.29, 1.82) is 0 Å². The van der Waals surface area contributed by atoms with Crippen molar-refractivity contribution < 1.29 is 18.7 Å². The van der Waals surface area contributed by atoms with Gasteiger partial charge in [0.1, 0.15) is 23.2 Å². The van der Waals surface area contributed by atoms with Crippen LogP contribution in [0.5, 0.6) is 11.6 Å². The Labute approximate surface area is 138 Å². The lowest BCUT2D eigenvalue weighted by molar-refractivity contribution is 0.0768. The van der Waals surface area contributed by atoms with Crippen LogP contribution in [0.3, 0.4) is 0 Å². The zero-order valence-electron chi connectivity index (χ0n) is 13.5. The molecule has 2 aromatic heterocycles. The molecule has 1 atom stereocenters. The topological polar surface area (TPSA) is 81.9 Å². The highest BCUT2D eigenvalue weighted by Gasteiger charge is 2.30. The number of likely N-dealkylation sites (tertiary alicyclic amines) is 1. The maximum absolute atomic E-state index is 12.6. The van der Waals surface area contributed by atoms with Crippen LogP contribution >= 0.6 is 0 Å². The lowest BCUT2D eigenvalue weighted by Gasteiger charge is -2.18. The second-order valence-electron chi connectivity index (χ2n) is 5.56. The summed E-state index contributed by atoms with van der Waals surface area (Å²) in [6.45, 7) is 2.70. The van der Waals surface area contributed by atoms with E-state index in [0.717, 1.165) is 0 Å². The van der Waals surface area contributed by atoms with E-state index in [1.165, 1.54) is 13.2 Å². The van der Waals surface area contributed by atoms with E-state index in [1.54, 1.807) is 36.2 Å². The Morgan fingerprint density at radius 1 is 1.42 bits per heavy atom. The lowest BCUT2D eigenvalue weighted by atomic mass is 10.2. The number of amides is 1. The molecule has 0 spiro atoms. The van der Waals surface area contributed by atoms with Crippen molar-refractivity contribution in [2.75, 3.05) is 20.2 Å². The molecule has 2 aromatic rings. The third-order valence-corrected chi connectivity index (χ3v) is 3.80. The van der Waals surface area contributed by atoms with E-state index < -0.39 is 5.63 Å². The van der Waals surface area contributed by atoms with Crippen LogP contribution in [0, 0.1) is 6.92 Å². The average Bonchev–Trinajstić information content (AvgIpc) is 3.01. The van der Waals surface area contributed by atoms with Gasteiger partial charge in [0.25, 0.3) is 5.91 Å². The summed E-state index contributed by atoms with van der Waals surface area (Å²) < 4.78 is 15.9. The fourth-order valence-corrected chi connectivity index (χ4v) is 2.73. The molecule has 0 bridgehead atoms. The van der Waals surface area contributed by atoms with Crippen LogP contribution in [0.25, 0.3) is 0 Å². The summed E-state index contributed by atoms with van der Waals surface area (Å²) in [6.07, 6.45) is 2.10. The largest absolute Gasteiger partial charge is 0.488 e. The molecular formula is C17H18N2O5. The number of carbonyl (C=O) groups is 1. The first-order valence-electron chi connectivity index (χ1n) is 7.63. The van der Waals surface area contributed by atoms with Gasteiger partial charge in [0, 0.05) is 25.2 Å². The molecule has 1 aliphatic heterocycles. The fraction of sp³-hybridized carbons (Fsp3) is 0.353. The predicted molar refractivity (Wildman–Crippen MR) is 85.4 cm³/mol. The lowest BCUT2D eigenvalue weighted by Crippen LogP contribution is -2.31. The summed E-state index contributed by atoms with van der Waals surface area (Å²) in [7, 11) is 1.48. The zero-order valence-corrected chi connectivity index (χ0v) is 13.5. The minimum absolute atomic E-state index is 0.144. The maximum Gasteiger partial charge on any atom is 0.339 e. The van der Waals surface area contributed by atoms with Crippen LogP contribution in [0.2, 0.25) is 0 Å². The highest BCUT2D eigenvalue weighted by Crippen LogP contribution is 2.22. The van der Waals surface area contributed by atoms with Crippen LogP contribution in [-0.4, -0.2) is 42.1 Å². The van der Waals surface area contributed by atoms with Crippen molar-refractivity contribution in [1.82, 2.24) is 9.88 Å². The van der Waals surface area contributed by atoms with E-state index in [1.807, 2.05) is 0 Å². The molecule has 1 fully saturated rings. The van der Waals surface area contributed by atoms with Crippen LogP contribution in [0.4, 0.5) is 0 Å². The van der Waals surface area contributed by atoms with Crippen LogP contribution in [0.15, 0.2) is 39.7 Å². The molecule has 1 saturated heterocycles. The van der Waals surface area contributed by atoms with E-state index in [2.05, 4.69) is 4.98 Å². The molecule has 0 N–H and O–H groups in total.